The smallest absolute Gasteiger partial charge is 0.235 e. The van der Waals surface area contributed by atoms with Gasteiger partial charge in [-0.2, -0.15) is 0 Å². The Morgan fingerprint density at radius 1 is 1.03 bits per heavy atom. The third-order valence-electron chi connectivity index (χ3n) is 4.93. The summed E-state index contributed by atoms with van der Waals surface area (Å²) >= 11 is 1.35. The van der Waals surface area contributed by atoms with Gasteiger partial charge in [0.25, 0.3) is 0 Å². The molecule has 3 rings (SSSR count). The normalized spacial score (nSPS) is 15.1. The Labute approximate surface area is 175 Å². The number of hydrogen-bond donors (Lipinski definition) is 1. The highest BCUT2D eigenvalue weighted by molar-refractivity contribution is 8.01. The zero-order chi connectivity index (χ0) is 20.8. The van der Waals surface area contributed by atoms with Crippen molar-refractivity contribution in [1.82, 2.24) is 4.90 Å². The number of carbonyl (C=O) groups excluding carboxylic acids is 2. The maximum absolute atomic E-state index is 13.1. The number of hydrogen-bond acceptors (Lipinski definition) is 4. The lowest BCUT2D eigenvalue weighted by Crippen LogP contribution is -2.50. The van der Waals surface area contributed by atoms with Gasteiger partial charge in [0.05, 0.1) is 11.0 Å². The van der Waals surface area contributed by atoms with E-state index in [-0.39, 0.29) is 28.6 Å². The Kier molecular flexibility index (Phi) is 7.14. The lowest BCUT2D eigenvalue weighted by atomic mass is 10.2. The number of benzene rings is 2. The van der Waals surface area contributed by atoms with Crippen LogP contribution in [0.15, 0.2) is 48.5 Å². The molecule has 0 saturated carbocycles. The average molecular weight is 416 g/mol. The number of thioether (sulfide) groups is 1. The van der Waals surface area contributed by atoms with Crippen molar-refractivity contribution in [2.45, 2.75) is 19.1 Å². The number of aryl methyl sites for hydroxylation is 1. The molecule has 154 valence electrons. The SMILES string of the molecule is Cc1ccc(NC(=O)CS[C@H](C)C(=O)N2CCN(c3ccc(F)cc3)CC2)cc1. The molecular formula is C22H26FN3O2S. The molecule has 1 atom stereocenters. The maximum Gasteiger partial charge on any atom is 0.235 e. The molecule has 2 aromatic carbocycles. The molecule has 1 aliphatic heterocycles. The first-order valence-corrected chi connectivity index (χ1v) is 10.7. The van der Waals surface area contributed by atoms with E-state index < -0.39 is 0 Å². The third kappa shape index (κ3) is 5.97. The van der Waals surface area contributed by atoms with Gasteiger partial charge in [0.1, 0.15) is 5.82 Å². The number of rotatable bonds is 6. The van der Waals surface area contributed by atoms with E-state index in [4.69, 9.17) is 0 Å². The van der Waals surface area contributed by atoms with Crippen molar-refractivity contribution >= 4 is 35.0 Å². The summed E-state index contributed by atoms with van der Waals surface area (Å²) < 4.78 is 13.1. The van der Waals surface area contributed by atoms with Gasteiger partial charge in [-0.3, -0.25) is 9.59 Å². The summed E-state index contributed by atoms with van der Waals surface area (Å²) in [5.41, 5.74) is 2.86. The zero-order valence-corrected chi connectivity index (χ0v) is 17.5. The Morgan fingerprint density at radius 2 is 1.66 bits per heavy atom. The number of anilines is 2. The van der Waals surface area contributed by atoms with Crippen LogP contribution in [0.4, 0.5) is 15.8 Å². The summed E-state index contributed by atoms with van der Waals surface area (Å²) in [6.07, 6.45) is 0. The minimum atomic E-state index is -0.281. The van der Waals surface area contributed by atoms with Crippen LogP contribution in [0.2, 0.25) is 0 Å². The number of carbonyl (C=O) groups is 2. The van der Waals surface area contributed by atoms with Crippen molar-refractivity contribution in [1.29, 1.82) is 0 Å². The molecule has 0 aliphatic carbocycles. The van der Waals surface area contributed by atoms with Crippen LogP contribution in [0.3, 0.4) is 0 Å². The maximum atomic E-state index is 13.1. The minimum absolute atomic E-state index is 0.0527. The highest BCUT2D eigenvalue weighted by Crippen LogP contribution is 2.20. The summed E-state index contributed by atoms with van der Waals surface area (Å²) in [6.45, 7) is 6.51. The van der Waals surface area contributed by atoms with E-state index in [0.29, 0.717) is 26.2 Å². The molecule has 29 heavy (non-hydrogen) atoms. The number of nitrogens with zero attached hydrogens (tertiary/aromatic N) is 2. The van der Waals surface area contributed by atoms with Crippen LogP contribution in [-0.4, -0.2) is 53.9 Å². The van der Waals surface area contributed by atoms with Gasteiger partial charge in [0.2, 0.25) is 11.8 Å². The summed E-state index contributed by atoms with van der Waals surface area (Å²) in [5.74, 6) is -0.0765. The number of piperazine rings is 1. The Morgan fingerprint density at radius 3 is 2.28 bits per heavy atom. The Hall–Kier alpha value is -2.54. The molecule has 0 radical (unpaired) electrons. The molecule has 2 amide bonds. The van der Waals surface area contributed by atoms with Crippen LogP contribution in [0.5, 0.6) is 0 Å². The number of nitrogens with one attached hydrogen (secondary N) is 1. The predicted octanol–water partition coefficient (Wildman–Crippen LogP) is 3.54. The van der Waals surface area contributed by atoms with Crippen molar-refractivity contribution in [3.63, 3.8) is 0 Å². The molecule has 5 nitrogen and oxygen atoms in total. The fourth-order valence-electron chi connectivity index (χ4n) is 3.20. The van der Waals surface area contributed by atoms with E-state index in [1.54, 1.807) is 12.1 Å². The predicted molar refractivity (Wildman–Crippen MR) is 117 cm³/mol. The minimum Gasteiger partial charge on any atom is -0.368 e. The van der Waals surface area contributed by atoms with Crippen molar-refractivity contribution in [2.75, 3.05) is 42.1 Å². The highest BCUT2D eigenvalue weighted by Gasteiger charge is 2.25. The second-order valence-electron chi connectivity index (χ2n) is 7.16. The molecule has 1 N–H and O–H groups in total. The van der Waals surface area contributed by atoms with E-state index in [2.05, 4.69) is 10.2 Å². The van der Waals surface area contributed by atoms with E-state index in [0.717, 1.165) is 16.9 Å². The van der Waals surface area contributed by atoms with Crippen LogP contribution in [0.25, 0.3) is 0 Å². The van der Waals surface area contributed by atoms with Crippen LogP contribution in [0, 0.1) is 12.7 Å². The molecule has 1 heterocycles. The lowest BCUT2D eigenvalue weighted by Gasteiger charge is -2.37. The van der Waals surface area contributed by atoms with Crippen molar-refractivity contribution in [2.24, 2.45) is 0 Å². The standard InChI is InChI=1S/C22H26FN3O2S/c1-16-3-7-19(8-4-16)24-21(27)15-29-17(2)22(28)26-13-11-25(12-14-26)20-9-5-18(23)6-10-20/h3-10,17H,11-15H2,1-2H3,(H,24,27)/t17-/m1/s1. The second kappa shape index (κ2) is 9.78. The third-order valence-corrected chi connectivity index (χ3v) is 6.06. The first kappa shape index (κ1) is 21.2. The van der Waals surface area contributed by atoms with E-state index in [1.807, 2.05) is 43.0 Å². The quantitative estimate of drug-likeness (QED) is 0.784. The van der Waals surface area contributed by atoms with Crippen molar-refractivity contribution in [3.8, 4) is 0 Å². The van der Waals surface area contributed by atoms with Crippen LogP contribution in [-0.2, 0) is 9.59 Å². The molecular weight excluding hydrogens is 389 g/mol. The van der Waals surface area contributed by atoms with Gasteiger partial charge in [-0.05, 0) is 50.2 Å². The molecule has 1 saturated heterocycles. The van der Waals surface area contributed by atoms with Crippen LogP contribution >= 0.6 is 11.8 Å². The van der Waals surface area contributed by atoms with Gasteiger partial charge in [0.15, 0.2) is 0 Å². The van der Waals surface area contributed by atoms with Gasteiger partial charge < -0.3 is 15.1 Å². The van der Waals surface area contributed by atoms with Gasteiger partial charge in [-0.15, -0.1) is 11.8 Å². The first-order valence-electron chi connectivity index (χ1n) is 9.70. The molecule has 1 aliphatic rings. The fourth-order valence-corrected chi connectivity index (χ4v) is 3.97. The molecule has 2 aromatic rings. The molecule has 7 heteroatoms. The Balaban J connectivity index is 1.42. The van der Waals surface area contributed by atoms with Gasteiger partial charge >= 0.3 is 0 Å². The molecule has 1 fully saturated rings. The monoisotopic (exact) mass is 415 g/mol. The summed E-state index contributed by atoms with van der Waals surface area (Å²) in [5, 5.41) is 2.57. The highest BCUT2D eigenvalue weighted by atomic mass is 32.2. The molecule has 0 spiro atoms. The molecule has 0 aromatic heterocycles. The molecule has 0 bridgehead atoms. The van der Waals surface area contributed by atoms with Gasteiger partial charge in [-0.1, -0.05) is 17.7 Å². The number of amides is 2. The van der Waals surface area contributed by atoms with E-state index >= 15 is 0 Å². The fraction of sp³-hybridized carbons (Fsp3) is 0.364. The van der Waals surface area contributed by atoms with E-state index in [9.17, 15) is 14.0 Å². The lowest BCUT2D eigenvalue weighted by molar-refractivity contribution is -0.130. The molecule has 0 unspecified atom stereocenters. The zero-order valence-electron chi connectivity index (χ0n) is 16.7. The largest absolute Gasteiger partial charge is 0.368 e. The van der Waals surface area contributed by atoms with Gasteiger partial charge in [0, 0.05) is 37.6 Å². The Bertz CT molecular complexity index is 834. The first-order chi connectivity index (χ1) is 13.9. The van der Waals surface area contributed by atoms with Crippen molar-refractivity contribution in [3.05, 3.63) is 59.9 Å². The van der Waals surface area contributed by atoms with Crippen LogP contribution < -0.4 is 10.2 Å². The average Bonchev–Trinajstić information content (AvgIpc) is 2.74. The second-order valence-corrected chi connectivity index (χ2v) is 8.49. The summed E-state index contributed by atoms with van der Waals surface area (Å²) in [7, 11) is 0. The van der Waals surface area contributed by atoms with Crippen molar-refractivity contribution < 1.29 is 14.0 Å². The number of halogens is 1. The van der Waals surface area contributed by atoms with E-state index in [1.165, 1.54) is 23.9 Å². The topological polar surface area (TPSA) is 52.7 Å². The van der Waals surface area contributed by atoms with Crippen LogP contribution in [0.1, 0.15) is 12.5 Å². The summed E-state index contributed by atoms with van der Waals surface area (Å²) in [6, 6.07) is 14.1. The van der Waals surface area contributed by atoms with Gasteiger partial charge in [-0.25, -0.2) is 4.39 Å². The summed E-state index contributed by atoms with van der Waals surface area (Å²) in [4.78, 5) is 28.8.